The summed E-state index contributed by atoms with van der Waals surface area (Å²) in [5, 5.41) is 2.19. The minimum atomic E-state index is 0.850. The Labute approximate surface area is 89.9 Å². The van der Waals surface area contributed by atoms with Gasteiger partial charge in [0.2, 0.25) is 0 Å². The fourth-order valence-electron chi connectivity index (χ4n) is 1.52. The molecule has 12 heavy (non-hydrogen) atoms. The Morgan fingerprint density at radius 3 is 2.67 bits per heavy atom. The monoisotopic (exact) mass is 262 g/mol. The lowest BCUT2D eigenvalue weighted by Gasteiger charge is -2.19. The third kappa shape index (κ3) is 2.06. The van der Waals surface area contributed by atoms with Crippen molar-refractivity contribution in [2.45, 2.75) is 18.8 Å². The van der Waals surface area contributed by atoms with Crippen LogP contribution in [0, 0.1) is 0 Å². The molecule has 66 valence electrons. The Hall–Kier alpha value is 0.530. The van der Waals surface area contributed by atoms with Gasteiger partial charge in [0.05, 0.1) is 0 Å². The second kappa shape index (κ2) is 4.16. The number of rotatable bonds is 1. The summed E-state index contributed by atoms with van der Waals surface area (Å²) in [7, 11) is 0. The minimum Gasteiger partial charge on any atom is -0.162 e. The molecule has 0 nitrogen and oxygen atoms in total. The van der Waals surface area contributed by atoms with Crippen molar-refractivity contribution >= 4 is 39.0 Å². The van der Waals surface area contributed by atoms with Crippen molar-refractivity contribution < 1.29 is 0 Å². The van der Waals surface area contributed by atoms with Crippen molar-refractivity contribution in [1.82, 2.24) is 0 Å². The van der Waals surface area contributed by atoms with E-state index >= 15 is 0 Å². The SMILES string of the molecule is Brc1csc(C2CCSCC2)c1. The molecule has 1 aliphatic rings. The van der Waals surface area contributed by atoms with E-state index in [2.05, 4.69) is 39.1 Å². The van der Waals surface area contributed by atoms with E-state index in [1.54, 1.807) is 4.88 Å². The maximum Gasteiger partial charge on any atom is 0.0285 e. The third-order valence-electron chi connectivity index (χ3n) is 2.21. The largest absolute Gasteiger partial charge is 0.162 e. The standard InChI is InChI=1S/C9H11BrS2/c10-8-5-9(12-6-8)7-1-3-11-4-2-7/h5-7H,1-4H2. The van der Waals surface area contributed by atoms with Gasteiger partial charge in [0.25, 0.3) is 0 Å². The number of hydrogen-bond donors (Lipinski definition) is 0. The minimum absolute atomic E-state index is 0.850. The van der Waals surface area contributed by atoms with Crippen LogP contribution in [0.5, 0.6) is 0 Å². The summed E-state index contributed by atoms with van der Waals surface area (Å²) >= 11 is 7.50. The van der Waals surface area contributed by atoms with Gasteiger partial charge in [0, 0.05) is 14.7 Å². The second-order valence-corrected chi connectivity index (χ2v) is 6.14. The molecule has 0 saturated carbocycles. The van der Waals surface area contributed by atoms with Crippen LogP contribution in [0.2, 0.25) is 0 Å². The van der Waals surface area contributed by atoms with E-state index in [0.717, 1.165) is 5.92 Å². The molecule has 0 unspecified atom stereocenters. The van der Waals surface area contributed by atoms with E-state index in [1.807, 2.05) is 11.3 Å². The van der Waals surface area contributed by atoms with Gasteiger partial charge in [-0.3, -0.25) is 0 Å². The predicted octanol–water partition coefficient (Wildman–Crippen LogP) is 4.12. The van der Waals surface area contributed by atoms with Crippen molar-refractivity contribution in [2.75, 3.05) is 11.5 Å². The molecule has 0 N–H and O–H groups in total. The van der Waals surface area contributed by atoms with Crippen molar-refractivity contribution in [2.24, 2.45) is 0 Å². The van der Waals surface area contributed by atoms with Crippen molar-refractivity contribution in [3.05, 3.63) is 20.8 Å². The molecule has 0 aromatic carbocycles. The number of thiophene rings is 1. The number of halogens is 1. The lowest BCUT2D eigenvalue weighted by molar-refractivity contribution is 0.648. The molecule has 1 fully saturated rings. The van der Waals surface area contributed by atoms with Gasteiger partial charge in [0.15, 0.2) is 0 Å². The van der Waals surface area contributed by atoms with E-state index in [-0.39, 0.29) is 0 Å². The second-order valence-electron chi connectivity index (χ2n) is 3.05. The van der Waals surface area contributed by atoms with Crippen molar-refractivity contribution in [1.29, 1.82) is 0 Å². The maximum absolute atomic E-state index is 3.50. The normalized spacial score (nSPS) is 19.8. The summed E-state index contributed by atoms with van der Waals surface area (Å²) in [5.41, 5.74) is 0. The van der Waals surface area contributed by atoms with E-state index in [0.29, 0.717) is 0 Å². The fourth-order valence-corrected chi connectivity index (χ4v) is 4.25. The van der Waals surface area contributed by atoms with Crippen LogP contribution >= 0.6 is 39.0 Å². The van der Waals surface area contributed by atoms with Gasteiger partial charge in [-0.15, -0.1) is 11.3 Å². The lowest BCUT2D eigenvalue weighted by atomic mass is 10.0. The smallest absolute Gasteiger partial charge is 0.0285 e. The van der Waals surface area contributed by atoms with Gasteiger partial charge in [-0.1, -0.05) is 0 Å². The summed E-state index contributed by atoms with van der Waals surface area (Å²) in [4.78, 5) is 1.57. The predicted molar refractivity (Wildman–Crippen MR) is 61.3 cm³/mol. The molecule has 1 aromatic heterocycles. The summed E-state index contributed by atoms with van der Waals surface area (Å²) < 4.78 is 1.25. The first-order chi connectivity index (χ1) is 5.86. The van der Waals surface area contributed by atoms with Crippen molar-refractivity contribution in [3.63, 3.8) is 0 Å². The molecule has 0 aliphatic carbocycles. The molecule has 1 aliphatic heterocycles. The maximum atomic E-state index is 3.50. The van der Waals surface area contributed by atoms with Gasteiger partial charge >= 0.3 is 0 Å². The van der Waals surface area contributed by atoms with E-state index in [4.69, 9.17) is 0 Å². The molecule has 0 amide bonds. The van der Waals surface area contributed by atoms with E-state index < -0.39 is 0 Å². The Morgan fingerprint density at radius 2 is 2.08 bits per heavy atom. The first kappa shape index (κ1) is 9.10. The molecule has 0 spiro atoms. The summed E-state index contributed by atoms with van der Waals surface area (Å²) in [6, 6.07) is 2.28. The van der Waals surface area contributed by atoms with Crippen LogP contribution in [0.25, 0.3) is 0 Å². The summed E-state index contributed by atoms with van der Waals surface area (Å²) in [6.45, 7) is 0. The highest BCUT2D eigenvalue weighted by atomic mass is 79.9. The molecule has 1 aromatic rings. The van der Waals surface area contributed by atoms with Gasteiger partial charge in [-0.2, -0.15) is 11.8 Å². The lowest BCUT2D eigenvalue weighted by Crippen LogP contribution is -2.05. The molecular weight excluding hydrogens is 252 g/mol. The molecule has 0 bridgehead atoms. The highest BCUT2D eigenvalue weighted by Gasteiger charge is 2.16. The van der Waals surface area contributed by atoms with Gasteiger partial charge in [-0.05, 0) is 52.3 Å². The molecule has 0 atom stereocenters. The summed E-state index contributed by atoms with van der Waals surface area (Å²) in [6.07, 6.45) is 2.75. The van der Waals surface area contributed by atoms with E-state index in [9.17, 15) is 0 Å². The summed E-state index contributed by atoms with van der Waals surface area (Å²) in [5.74, 6) is 3.54. The highest BCUT2D eigenvalue weighted by molar-refractivity contribution is 9.10. The molecule has 2 heterocycles. The molecular formula is C9H11BrS2. The van der Waals surface area contributed by atoms with E-state index in [1.165, 1.54) is 28.8 Å². The van der Waals surface area contributed by atoms with Crippen LogP contribution < -0.4 is 0 Å². The zero-order chi connectivity index (χ0) is 8.39. The number of hydrogen-bond acceptors (Lipinski definition) is 2. The first-order valence-electron chi connectivity index (χ1n) is 4.18. The van der Waals surface area contributed by atoms with Crippen LogP contribution in [0.15, 0.2) is 15.9 Å². The zero-order valence-corrected chi connectivity index (χ0v) is 9.97. The van der Waals surface area contributed by atoms with Gasteiger partial charge in [0.1, 0.15) is 0 Å². The Balaban J connectivity index is 2.08. The number of thioether (sulfide) groups is 1. The third-order valence-corrected chi connectivity index (χ3v) is 5.12. The van der Waals surface area contributed by atoms with Crippen LogP contribution in [-0.2, 0) is 0 Å². The topological polar surface area (TPSA) is 0 Å². The van der Waals surface area contributed by atoms with Crippen LogP contribution in [-0.4, -0.2) is 11.5 Å². The van der Waals surface area contributed by atoms with Crippen LogP contribution in [0.3, 0.4) is 0 Å². The molecule has 3 heteroatoms. The Bertz CT molecular complexity index is 251. The van der Waals surface area contributed by atoms with Crippen LogP contribution in [0.1, 0.15) is 23.6 Å². The Kier molecular flexibility index (Phi) is 3.15. The molecule has 2 rings (SSSR count). The fraction of sp³-hybridized carbons (Fsp3) is 0.556. The van der Waals surface area contributed by atoms with Crippen molar-refractivity contribution in [3.8, 4) is 0 Å². The first-order valence-corrected chi connectivity index (χ1v) is 7.00. The van der Waals surface area contributed by atoms with Crippen LogP contribution in [0.4, 0.5) is 0 Å². The van der Waals surface area contributed by atoms with Gasteiger partial charge in [-0.25, -0.2) is 0 Å². The van der Waals surface area contributed by atoms with Gasteiger partial charge < -0.3 is 0 Å². The highest BCUT2D eigenvalue weighted by Crippen LogP contribution is 2.35. The zero-order valence-electron chi connectivity index (χ0n) is 6.75. The average Bonchev–Trinajstić information content (AvgIpc) is 2.54. The quantitative estimate of drug-likeness (QED) is 0.734. The average molecular weight is 263 g/mol. The Morgan fingerprint density at radius 1 is 1.33 bits per heavy atom. The molecule has 1 saturated heterocycles. The molecule has 0 radical (unpaired) electrons.